The first kappa shape index (κ1) is 16.1. The van der Waals surface area contributed by atoms with Gasteiger partial charge in [0.15, 0.2) is 5.76 Å². The molecule has 0 saturated heterocycles. The van der Waals surface area contributed by atoms with Gasteiger partial charge in [0, 0.05) is 13.5 Å². The predicted molar refractivity (Wildman–Crippen MR) is 80.8 cm³/mol. The van der Waals surface area contributed by atoms with Crippen LogP contribution in [0.5, 0.6) is 0 Å². The van der Waals surface area contributed by atoms with E-state index in [4.69, 9.17) is 13.7 Å². The molecule has 0 aliphatic heterocycles. The van der Waals surface area contributed by atoms with Crippen LogP contribution in [0, 0.1) is 13.8 Å². The summed E-state index contributed by atoms with van der Waals surface area (Å²) in [6, 6.07) is 3.00. The number of furan rings is 1. The van der Waals surface area contributed by atoms with Crippen LogP contribution in [0.2, 0.25) is 0 Å². The van der Waals surface area contributed by atoms with Crippen molar-refractivity contribution in [3.63, 3.8) is 0 Å². The maximum atomic E-state index is 12.2. The molecule has 2 heterocycles. The van der Waals surface area contributed by atoms with Crippen LogP contribution in [-0.4, -0.2) is 24.9 Å². The molecular weight excluding hydrogens is 286 g/mol. The van der Waals surface area contributed by atoms with Gasteiger partial charge in [-0.3, -0.25) is 0 Å². The van der Waals surface area contributed by atoms with Gasteiger partial charge in [0.1, 0.15) is 28.9 Å². The second kappa shape index (κ2) is 7.13. The molecule has 0 aliphatic rings. The highest BCUT2D eigenvalue weighted by molar-refractivity contribution is 5.90. The van der Waals surface area contributed by atoms with E-state index < -0.39 is 0 Å². The molecule has 120 valence electrons. The summed E-state index contributed by atoms with van der Waals surface area (Å²) >= 11 is 0. The van der Waals surface area contributed by atoms with Crippen molar-refractivity contribution in [2.75, 3.05) is 19.0 Å². The van der Waals surface area contributed by atoms with Gasteiger partial charge in [-0.1, -0.05) is 12.1 Å². The molecule has 2 rings (SSSR count). The first-order valence-electron chi connectivity index (χ1n) is 7.13. The number of methoxy groups -OCH3 is 1. The second-order valence-electron chi connectivity index (χ2n) is 4.96. The molecule has 22 heavy (non-hydrogen) atoms. The van der Waals surface area contributed by atoms with Crippen LogP contribution in [0.1, 0.15) is 35.9 Å². The number of hydrogen-bond acceptors (Lipinski definition) is 5. The Morgan fingerprint density at radius 3 is 2.73 bits per heavy atom. The number of amides is 2. The number of hydrogen-bond donors (Lipinski definition) is 2. The Hall–Kier alpha value is -2.28. The van der Waals surface area contributed by atoms with Gasteiger partial charge in [0.2, 0.25) is 0 Å². The third kappa shape index (κ3) is 3.67. The molecule has 0 aromatic carbocycles. The number of rotatable bonds is 6. The third-order valence-corrected chi connectivity index (χ3v) is 3.28. The van der Waals surface area contributed by atoms with E-state index in [-0.39, 0.29) is 12.1 Å². The summed E-state index contributed by atoms with van der Waals surface area (Å²) in [5.41, 5.74) is 1.20. The quantitative estimate of drug-likeness (QED) is 0.856. The predicted octanol–water partition coefficient (Wildman–Crippen LogP) is 2.96. The van der Waals surface area contributed by atoms with Crippen LogP contribution in [-0.2, 0) is 11.2 Å². The lowest BCUT2D eigenvalue weighted by Crippen LogP contribution is -2.34. The minimum atomic E-state index is -0.370. The minimum Gasteiger partial charge on any atom is -0.464 e. The van der Waals surface area contributed by atoms with Gasteiger partial charge in [0.25, 0.3) is 0 Å². The molecule has 0 radical (unpaired) electrons. The summed E-state index contributed by atoms with van der Waals surface area (Å²) < 4.78 is 15.8. The van der Waals surface area contributed by atoms with Crippen LogP contribution in [0.15, 0.2) is 21.1 Å². The fraction of sp³-hybridized carbons (Fsp3) is 0.467. The molecular formula is C15H21N3O4. The Balaban J connectivity index is 2.05. The topological polar surface area (TPSA) is 89.5 Å². The summed E-state index contributed by atoms with van der Waals surface area (Å²) in [6.45, 7) is 5.82. The molecule has 1 atom stereocenters. The lowest BCUT2D eigenvalue weighted by molar-refractivity contribution is 0.158. The zero-order valence-corrected chi connectivity index (χ0v) is 13.2. The molecule has 1 unspecified atom stereocenters. The van der Waals surface area contributed by atoms with Gasteiger partial charge in [-0.2, -0.15) is 0 Å². The van der Waals surface area contributed by atoms with E-state index in [0.29, 0.717) is 29.5 Å². The van der Waals surface area contributed by atoms with Gasteiger partial charge >= 0.3 is 6.03 Å². The summed E-state index contributed by atoms with van der Waals surface area (Å²) in [6.07, 6.45) is 0.797. The normalized spacial score (nSPS) is 12.2. The number of nitrogens with one attached hydrogen (secondary N) is 2. The second-order valence-corrected chi connectivity index (χ2v) is 4.96. The fourth-order valence-corrected chi connectivity index (χ4v) is 2.10. The van der Waals surface area contributed by atoms with Gasteiger partial charge in [0.05, 0.1) is 6.61 Å². The molecule has 0 spiro atoms. The first-order valence-corrected chi connectivity index (χ1v) is 7.13. The highest BCUT2D eigenvalue weighted by Gasteiger charge is 2.20. The Morgan fingerprint density at radius 2 is 2.18 bits per heavy atom. The number of urea groups is 1. The van der Waals surface area contributed by atoms with E-state index in [1.165, 1.54) is 0 Å². The van der Waals surface area contributed by atoms with Crippen molar-refractivity contribution in [3.8, 4) is 0 Å². The van der Waals surface area contributed by atoms with Crippen LogP contribution in [0.3, 0.4) is 0 Å². The van der Waals surface area contributed by atoms with Crippen molar-refractivity contribution < 1.29 is 18.5 Å². The Labute approximate surface area is 129 Å². The standard InChI is InChI=1S/C15H21N3O4/c1-5-11-6-7-13(21-11)12(8-20-4)16-15(19)17-14-9(2)18-22-10(14)3/h6-7,12H,5,8H2,1-4H3,(H2,16,17,19). The zero-order chi connectivity index (χ0) is 16.1. The number of aromatic nitrogens is 1. The van der Waals surface area contributed by atoms with Gasteiger partial charge in [-0.05, 0) is 26.0 Å². The maximum Gasteiger partial charge on any atom is 0.320 e. The van der Waals surface area contributed by atoms with Gasteiger partial charge in [-0.25, -0.2) is 4.79 Å². The lowest BCUT2D eigenvalue weighted by Gasteiger charge is -2.16. The van der Waals surface area contributed by atoms with Crippen molar-refractivity contribution in [1.82, 2.24) is 10.5 Å². The molecule has 7 heteroatoms. The summed E-state index contributed by atoms with van der Waals surface area (Å²) in [4.78, 5) is 12.2. The number of ether oxygens (including phenoxy) is 1. The molecule has 2 aromatic rings. The first-order chi connectivity index (χ1) is 10.5. The lowest BCUT2D eigenvalue weighted by atomic mass is 10.2. The van der Waals surface area contributed by atoms with Crippen LogP contribution < -0.4 is 10.6 Å². The highest BCUT2D eigenvalue weighted by atomic mass is 16.5. The van der Waals surface area contributed by atoms with Crippen LogP contribution in [0.25, 0.3) is 0 Å². The molecule has 7 nitrogen and oxygen atoms in total. The van der Waals surface area contributed by atoms with Crippen molar-refractivity contribution in [2.24, 2.45) is 0 Å². The van der Waals surface area contributed by atoms with Crippen molar-refractivity contribution in [3.05, 3.63) is 35.1 Å². The molecule has 0 aliphatic carbocycles. The molecule has 0 bridgehead atoms. The smallest absolute Gasteiger partial charge is 0.320 e. The number of anilines is 1. The number of nitrogens with zero attached hydrogens (tertiary/aromatic N) is 1. The largest absolute Gasteiger partial charge is 0.464 e. The van der Waals surface area contributed by atoms with Crippen molar-refractivity contribution in [2.45, 2.75) is 33.2 Å². The third-order valence-electron chi connectivity index (χ3n) is 3.28. The fourth-order valence-electron chi connectivity index (χ4n) is 2.10. The van der Waals surface area contributed by atoms with E-state index in [2.05, 4.69) is 15.8 Å². The number of aryl methyl sites for hydroxylation is 3. The van der Waals surface area contributed by atoms with Gasteiger partial charge in [-0.15, -0.1) is 0 Å². The van der Waals surface area contributed by atoms with E-state index in [9.17, 15) is 4.79 Å². The summed E-state index contributed by atoms with van der Waals surface area (Å²) in [5, 5.41) is 9.36. The van der Waals surface area contributed by atoms with E-state index in [0.717, 1.165) is 12.2 Å². The Kier molecular flexibility index (Phi) is 5.21. The molecule has 2 aromatic heterocycles. The van der Waals surface area contributed by atoms with E-state index in [1.54, 1.807) is 21.0 Å². The summed E-state index contributed by atoms with van der Waals surface area (Å²) in [5.74, 6) is 2.08. The Bertz CT molecular complexity index is 613. The number of carbonyl (C=O) groups is 1. The maximum absolute atomic E-state index is 12.2. The highest BCUT2D eigenvalue weighted by Crippen LogP contribution is 2.20. The average Bonchev–Trinajstić information content (AvgIpc) is 3.09. The average molecular weight is 307 g/mol. The molecule has 0 fully saturated rings. The minimum absolute atomic E-state index is 0.311. The van der Waals surface area contributed by atoms with Crippen molar-refractivity contribution >= 4 is 11.7 Å². The van der Waals surface area contributed by atoms with Gasteiger partial charge < -0.3 is 24.3 Å². The monoisotopic (exact) mass is 307 g/mol. The summed E-state index contributed by atoms with van der Waals surface area (Å²) in [7, 11) is 1.57. The van der Waals surface area contributed by atoms with Crippen LogP contribution >= 0.6 is 0 Å². The SMILES string of the molecule is CCc1ccc(C(COC)NC(=O)Nc2c(C)noc2C)o1. The van der Waals surface area contributed by atoms with Crippen LogP contribution in [0.4, 0.5) is 10.5 Å². The molecule has 0 saturated carbocycles. The molecule has 2 amide bonds. The van der Waals surface area contributed by atoms with E-state index in [1.807, 2.05) is 19.1 Å². The Morgan fingerprint density at radius 1 is 1.41 bits per heavy atom. The zero-order valence-electron chi connectivity index (χ0n) is 13.2. The van der Waals surface area contributed by atoms with Crippen molar-refractivity contribution in [1.29, 1.82) is 0 Å². The van der Waals surface area contributed by atoms with E-state index >= 15 is 0 Å². The number of carbonyl (C=O) groups excluding carboxylic acids is 1. The molecule has 2 N–H and O–H groups in total.